The fraction of sp³-hybridized carbons (Fsp3) is 0.350. The number of carbonyl (C=O) groups is 1. The number of halogens is 3. The minimum absolute atomic E-state index is 0.0306. The molecule has 3 rings (SSSR count). The van der Waals surface area contributed by atoms with Crippen LogP contribution in [0.5, 0.6) is 0 Å². The summed E-state index contributed by atoms with van der Waals surface area (Å²) in [5.41, 5.74) is 0.904. The van der Waals surface area contributed by atoms with E-state index in [4.69, 9.17) is 23.2 Å². The molecule has 0 unspecified atom stereocenters. The summed E-state index contributed by atoms with van der Waals surface area (Å²) >= 11 is 11.8. The van der Waals surface area contributed by atoms with Gasteiger partial charge in [-0.1, -0.05) is 41.4 Å². The molecule has 0 saturated carbocycles. The van der Waals surface area contributed by atoms with E-state index in [-0.39, 0.29) is 35.5 Å². The van der Waals surface area contributed by atoms with Gasteiger partial charge in [0.2, 0.25) is 15.9 Å². The normalized spacial score (nSPS) is 16.0. The molecule has 0 radical (unpaired) electrons. The van der Waals surface area contributed by atoms with Crippen molar-refractivity contribution in [1.82, 2.24) is 9.62 Å². The van der Waals surface area contributed by atoms with Crippen molar-refractivity contribution in [3.63, 3.8) is 0 Å². The van der Waals surface area contributed by atoms with Gasteiger partial charge < -0.3 is 5.32 Å². The molecule has 1 heterocycles. The average molecular weight is 459 g/mol. The van der Waals surface area contributed by atoms with Crippen molar-refractivity contribution < 1.29 is 17.6 Å². The van der Waals surface area contributed by atoms with Crippen LogP contribution < -0.4 is 5.32 Å². The number of hydrogen-bond donors (Lipinski definition) is 1. The molecule has 9 heteroatoms. The monoisotopic (exact) mass is 458 g/mol. The zero-order valence-electron chi connectivity index (χ0n) is 15.6. The first kappa shape index (κ1) is 22.0. The van der Waals surface area contributed by atoms with Crippen molar-refractivity contribution in [2.24, 2.45) is 5.92 Å². The summed E-state index contributed by atoms with van der Waals surface area (Å²) in [6, 6.07) is 11.3. The fourth-order valence-corrected chi connectivity index (χ4v) is 5.32. The Labute approximate surface area is 179 Å². The number of carbonyl (C=O) groups excluding carboxylic acids is 1. The van der Waals surface area contributed by atoms with Crippen LogP contribution in [0.4, 0.5) is 4.39 Å². The highest BCUT2D eigenvalue weighted by atomic mass is 35.5. The number of nitrogens with zero attached hydrogens (tertiary/aromatic N) is 1. The summed E-state index contributed by atoms with van der Waals surface area (Å²) in [6.07, 6.45) is 0.827. The molecule has 1 amide bonds. The van der Waals surface area contributed by atoms with Crippen LogP contribution in [0.1, 0.15) is 24.0 Å². The first-order chi connectivity index (χ1) is 13.8. The average Bonchev–Trinajstić information content (AvgIpc) is 2.70. The third-order valence-corrected chi connectivity index (χ3v) is 7.40. The Balaban J connectivity index is 1.53. The smallest absolute Gasteiger partial charge is 0.223 e. The van der Waals surface area contributed by atoms with Crippen LogP contribution in [0.2, 0.25) is 10.0 Å². The summed E-state index contributed by atoms with van der Waals surface area (Å²) in [5.74, 6) is -1.50. The molecule has 1 aliphatic heterocycles. The van der Waals surface area contributed by atoms with E-state index in [1.54, 1.807) is 12.1 Å². The van der Waals surface area contributed by atoms with Crippen LogP contribution in [0, 0.1) is 11.7 Å². The van der Waals surface area contributed by atoms with Crippen molar-refractivity contribution in [3.8, 4) is 0 Å². The van der Waals surface area contributed by atoms with Gasteiger partial charge in [-0.05, 0) is 42.7 Å². The number of nitrogens with one attached hydrogen (secondary N) is 1. The molecule has 0 bridgehead atoms. The quantitative estimate of drug-likeness (QED) is 0.711. The highest BCUT2D eigenvalue weighted by Crippen LogP contribution is 2.26. The Hall–Kier alpha value is -1.67. The van der Waals surface area contributed by atoms with Crippen LogP contribution in [-0.2, 0) is 27.1 Å². The topological polar surface area (TPSA) is 66.5 Å². The van der Waals surface area contributed by atoms with Crippen molar-refractivity contribution in [1.29, 1.82) is 0 Å². The van der Waals surface area contributed by atoms with E-state index >= 15 is 0 Å². The standard InChI is InChI=1S/C20H21Cl2FN2O3S/c21-16-6-4-14(5-7-16)12-24-20(26)15-8-10-25(11-9-15)29(27,28)13-17-18(22)2-1-3-19(17)23/h1-7,15H,8-13H2,(H,24,26). The van der Waals surface area contributed by atoms with Gasteiger partial charge in [-0.2, -0.15) is 0 Å². The van der Waals surface area contributed by atoms with Crippen molar-refractivity contribution in [2.75, 3.05) is 13.1 Å². The lowest BCUT2D eigenvalue weighted by Crippen LogP contribution is -2.43. The maximum absolute atomic E-state index is 13.9. The second-order valence-corrected chi connectivity index (χ2v) is 9.79. The summed E-state index contributed by atoms with van der Waals surface area (Å²) in [6.45, 7) is 0.821. The van der Waals surface area contributed by atoms with Crippen LogP contribution in [0.15, 0.2) is 42.5 Å². The fourth-order valence-electron chi connectivity index (χ4n) is 3.28. The molecule has 1 fully saturated rings. The van der Waals surface area contributed by atoms with E-state index < -0.39 is 21.6 Å². The summed E-state index contributed by atoms with van der Waals surface area (Å²) in [5, 5.41) is 3.60. The van der Waals surface area contributed by atoms with E-state index in [1.165, 1.54) is 22.5 Å². The van der Waals surface area contributed by atoms with E-state index in [1.807, 2.05) is 12.1 Å². The molecular weight excluding hydrogens is 438 g/mol. The third-order valence-electron chi connectivity index (χ3n) is 4.99. The molecule has 0 spiro atoms. The number of amides is 1. The SMILES string of the molecule is O=C(NCc1ccc(Cl)cc1)C1CCN(S(=O)(=O)Cc2c(F)cccc2Cl)CC1. The van der Waals surface area contributed by atoms with Gasteiger partial charge in [-0.15, -0.1) is 0 Å². The molecule has 29 heavy (non-hydrogen) atoms. The first-order valence-electron chi connectivity index (χ1n) is 9.19. The Bertz CT molecular complexity index is 955. The molecule has 2 aromatic rings. The molecule has 5 nitrogen and oxygen atoms in total. The van der Waals surface area contributed by atoms with Gasteiger partial charge in [0.15, 0.2) is 0 Å². The lowest BCUT2D eigenvalue weighted by molar-refractivity contribution is -0.126. The Morgan fingerprint density at radius 3 is 2.38 bits per heavy atom. The van der Waals surface area contributed by atoms with Gasteiger partial charge in [-0.3, -0.25) is 4.79 Å². The predicted octanol–water partition coefficient (Wildman–Crippen LogP) is 3.99. The van der Waals surface area contributed by atoms with Gasteiger partial charge in [0.05, 0.1) is 5.75 Å². The minimum atomic E-state index is -3.73. The van der Waals surface area contributed by atoms with Crippen LogP contribution in [0.25, 0.3) is 0 Å². The molecular formula is C20H21Cl2FN2O3S. The van der Waals surface area contributed by atoms with E-state index in [9.17, 15) is 17.6 Å². The van der Waals surface area contributed by atoms with Gasteiger partial charge in [0.1, 0.15) is 5.82 Å². The van der Waals surface area contributed by atoms with Gasteiger partial charge >= 0.3 is 0 Å². The summed E-state index contributed by atoms with van der Waals surface area (Å²) < 4.78 is 40.6. The van der Waals surface area contributed by atoms with Gasteiger partial charge in [0, 0.05) is 41.2 Å². The second kappa shape index (κ2) is 9.43. The lowest BCUT2D eigenvalue weighted by atomic mass is 9.97. The van der Waals surface area contributed by atoms with Crippen LogP contribution in [-0.4, -0.2) is 31.7 Å². The number of rotatable bonds is 6. The number of sulfonamides is 1. The lowest BCUT2D eigenvalue weighted by Gasteiger charge is -2.30. The summed E-state index contributed by atoms with van der Waals surface area (Å²) in [7, 11) is -3.73. The Morgan fingerprint density at radius 2 is 1.76 bits per heavy atom. The molecule has 0 aromatic heterocycles. The molecule has 2 aromatic carbocycles. The van der Waals surface area contributed by atoms with Crippen molar-refractivity contribution in [3.05, 3.63) is 69.5 Å². The number of hydrogen-bond acceptors (Lipinski definition) is 3. The zero-order valence-corrected chi connectivity index (χ0v) is 17.9. The van der Waals surface area contributed by atoms with Gasteiger partial charge in [0.25, 0.3) is 0 Å². The Morgan fingerprint density at radius 1 is 1.10 bits per heavy atom. The number of benzene rings is 2. The molecule has 156 valence electrons. The van der Waals surface area contributed by atoms with Crippen LogP contribution >= 0.6 is 23.2 Å². The van der Waals surface area contributed by atoms with Gasteiger partial charge in [-0.25, -0.2) is 17.1 Å². The maximum atomic E-state index is 13.9. The highest BCUT2D eigenvalue weighted by Gasteiger charge is 2.32. The molecule has 0 atom stereocenters. The maximum Gasteiger partial charge on any atom is 0.223 e. The Kier molecular flexibility index (Phi) is 7.16. The zero-order chi connectivity index (χ0) is 21.0. The van der Waals surface area contributed by atoms with Crippen molar-refractivity contribution >= 4 is 39.1 Å². The highest BCUT2D eigenvalue weighted by molar-refractivity contribution is 7.88. The number of piperidine rings is 1. The second-order valence-electron chi connectivity index (χ2n) is 6.97. The first-order valence-corrected chi connectivity index (χ1v) is 11.6. The van der Waals surface area contributed by atoms with E-state index in [2.05, 4.69) is 5.32 Å². The molecule has 1 aliphatic rings. The predicted molar refractivity (Wildman–Crippen MR) is 112 cm³/mol. The summed E-state index contributed by atoms with van der Waals surface area (Å²) in [4.78, 5) is 12.4. The molecule has 0 aliphatic carbocycles. The molecule has 1 N–H and O–H groups in total. The minimum Gasteiger partial charge on any atom is -0.352 e. The largest absolute Gasteiger partial charge is 0.352 e. The van der Waals surface area contributed by atoms with Crippen molar-refractivity contribution in [2.45, 2.75) is 25.1 Å². The van der Waals surface area contributed by atoms with E-state index in [0.717, 1.165) is 5.56 Å². The third kappa shape index (κ3) is 5.69. The molecule has 1 saturated heterocycles. The van der Waals surface area contributed by atoms with Crippen LogP contribution in [0.3, 0.4) is 0 Å². The van der Waals surface area contributed by atoms with E-state index in [0.29, 0.717) is 24.4 Å².